The smallest absolute Gasteiger partial charge is 0.426 e. The molecule has 0 saturated carbocycles. The zero-order valence-electron chi connectivity index (χ0n) is 6.29. The van der Waals surface area contributed by atoms with Gasteiger partial charge in [-0.05, 0) is 19.3 Å². The van der Waals surface area contributed by atoms with Crippen LogP contribution in [0.4, 0.5) is 0 Å². The van der Waals surface area contributed by atoms with Gasteiger partial charge < -0.3 is 15.4 Å². The van der Waals surface area contributed by atoms with Gasteiger partial charge in [0.05, 0.1) is 0 Å². The van der Waals surface area contributed by atoms with Crippen LogP contribution in [0.25, 0.3) is 0 Å². The van der Waals surface area contributed by atoms with E-state index < -0.39 is 7.12 Å². The second kappa shape index (κ2) is 3.37. The fourth-order valence-corrected chi connectivity index (χ4v) is 1.19. The van der Waals surface area contributed by atoms with E-state index in [0.29, 0.717) is 0 Å². The van der Waals surface area contributed by atoms with E-state index in [1.165, 1.54) is 0 Å². The van der Waals surface area contributed by atoms with Gasteiger partial charge in [0, 0.05) is 12.0 Å². The van der Waals surface area contributed by atoms with E-state index in [1.54, 1.807) is 0 Å². The number of hydrogen-bond acceptors (Lipinski definition) is 3. The zero-order valence-corrected chi connectivity index (χ0v) is 6.29. The van der Waals surface area contributed by atoms with Crippen molar-refractivity contribution in [3.05, 3.63) is 0 Å². The van der Waals surface area contributed by atoms with Crippen LogP contribution in [0.1, 0.15) is 26.2 Å². The van der Waals surface area contributed by atoms with Crippen molar-refractivity contribution in [2.24, 2.45) is 5.73 Å². The summed E-state index contributed by atoms with van der Waals surface area (Å²) in [6, 6.07) is 0. The molecule has 1 aliphatic rings. The summed E-state index contributed by atoms with van der Waals surface area (Å²) in [4.78, 5) is 0. The molecule has 0 aromatic heterocycles. The van der Waals surface area contributed by atoms with E-state index >= 15 is 0 Å². The summed E-state index contributed by atoms with van der Waals surface area (Å²) in [6.07, 6.45) is 3.04. The van der Waals surface area contributed by atoms with Crippen molar-refractivity contribution in [2.45, 2.75) is 38.2 Å². The van der Waals surface area contributed by atoms with Gasteiger partial charge in [0.25, 0.3) is 0 Å². The molecule has 58 valence electrons. The van der Waals surface area contributed by atoms with E-state index in [4.69, 9.17) is 15.4 Å². The predicted molar refractivity (Wildman–Crippen MR) is 40.3 cm³/mol. The molecule has 1 rings (SSSR count). The maximum absolute atomic E-state index is 9.13. The van der Waals surface area contributed by atoms with Gasteiger partial charge in [-0.15, -0.1) is 0 Å². The predicted octanol–water partition coefficient (Wildman–Crippen LogP) is -0.0776. The Morgan fingerprint density at radius 1 is 1.70 bits per heavy atom. The van der Waals surface area contributed by atoms with E-state index in [0.717, 1.165) is 19.3 Å². The van der Waals surface area contributed by atoms with Crippen LogP contribution >= 0.6 is 0 Å². The molecule has 1 fully saturated rings. The third-order valence-electron chi connectivity index (χ3n) is 1.98. The van der Waals surface area contributed by atoms with E-state index in [2.05, 4.69) is 0 Å². The monoisotopic (exact) mass is 143 g/mol. The van der Waals surface area contributed by atoms with Gasteiger partial charge in [-0.2, -0.15) is 0 Å². The van der Waals surface area contributed by atoms with Gasteiger partial charge in [-0.3, -0.25) is 0 Å². The first kappa shape index (κ1) is 8.05. The Morgan fingerprint density at radius 2 is 2.40 bits per heavy atom. The Morgan fingerprint density at radius 3 is 2.90 bits per heavy atom. The quantitative estimate of drug-likeness (QED) is 0.505. The topological polar surface area (TPSA) is 55.5 Å². The Balaban J connectivity index is 2.33. The van der Waals surface area contributed by atoms with Crippen LogP contribution in [0, 0.1) is 0 Å². The van der Waals surface area contributed by atoms with Gasteiger partial charge >= 0.3 is 7.12 Å². The van der Waals surface area contributed by atoms with Crippen LogP contribution in [-0.4, -0.2) is 24.2 Å². The molecule has 0 aromatic rings. The normalized spacial score (nSPS) is 34.5. The second-order valence-corrected chi connectivity index (χ2v) is 2.80. The molecule has 2 unspecified atom stereocenters. The van der Waals surface area contributed by atoms with Gasteiger partial charge in [-0.1, -0.05) is 6.92 Å². The lowest BCUT2D eigenvalue weighted by atomic mass is 9.73. The van der Waals surface area contributed by atoms with Crippen molar-refractivity contribution in [1.82, 2.24) is 0 Å². The number of rotatable bonds is 1. The van der Waals surface area contributed by atoms with Crippen LogP contribution in [0.5, 0.6) is 0 Å². The van der Waals surface area contributed by atoms with Crippen molar-refractivity contribution in [3.63, 3.8) is 0 Å². The molecule has 1 aliphatic heterocycles. The minimum atomic E-state index is -0.737. The minimum absolute atomic E-state index is 0.178. The Kier molecular flexibility index (Phi) is 2.71. The van der Waals surface area contributed by atoms with Gasteiger partial charge in [0.15, 0.2) is 0 Å². The molecule has 4 heteroatoms. The third-order valence-corrected chi connectivity index (χ3v) is 1.98. The molecule has 3 nitrogen and oxygen atoms in total. The van der Waals surface area contributed by atoms with Crippen molar-refractivity contribution < 1.29 is 9.68 Å². The summed E-state index contributed by atoms with van der Waals surface area (Å²) < 4.78 is 5.18. The highest BCUT2D eigenvalue weighted by molar-refractivity contribution is 6.45. The van der Waals surface area contributed by atoms with Gasteiger partial charge in [0.1, 0.15) is 0 Å². The highest BCUT2D eigenvalue weighted by Crippen LogP contribution is 2.16. The number of hydrogen-bond donors (Lipinski definition) is 2. The maximum atomic E-state index is 9.13. The maximum Gasteiger partial charge on any atom is 0.472 e. The van der Waals surface area contributed by atoms with Crippen LogP contribution in [0.3, 0.4) is 0 Å². The van der Waals surface area contributed by atoms with Crippen molar-refractivity contribution in [3.8, 4) is 0 Å². The molecule has 0 aliphatic carbocycles. The fraction of sp³-hybridized carbons (Fsp3) is 1.00. The summed E-state index contributed by atoms with van der Waals surface area (Å²) >= 11 is 0. The van der Waals surface area contributed by atoms with E-state index in [9.17, 15) is 0 Å². The first-order valence-corrected chi connectivity index (χ1v) is 3.83. The fourth-order valence-electron chi connectivity index (χ4n) is 1.19. The van der Waals surface area contributed by atoms with Crippen LogP contribution in [0.15, 0.2) is 0 Å². The van der Waals surface area contributed by atoms with Crippen molar-refractivity contribution in [1.29, 1.82) is 0 Å². The molecule has 0 spiro atoms. The molecule has 1 saturated heterocycles. The Bertz CT molecular complexity index is 112. The lowest BCUT2D eigenvalue weighted by Gasteiger charge is -2.27. The molecule has 10 heavy (non-hydrogen) atoms. The summed E-state index contributed by atoms with van der Waals surface area (Å²) in [5.41, 5.74) is 5.52. The molecule has 1 heterocycles. The average Bonchev–Trinajstić information content (AvgIpc) is 1.95. The van der Waals surface area contributed by atoms with Gasteiger partial charge in [0.2, 0.25) is 0 Å². The van der Waals surface area contributed by atoms with Crippen LogP contribution < -0.4 is 5.73 Å². The molecular formula is C6H14BNO2. The molecular weight excluding hydrogens is 129 g/mol. The average molecular weight is 143 g/mol. The summed E-state index contributed by atoms with van der Waals surface area (Å²) in [7, 11) is -0.737. The molecule has 0 aromatic carbocycles. The zero-order chi connectivity index (χ0) is 7.56. The second-order valence-electron chi connectivity index (χ2n) is 2.80. The summed E-state index contributed by atoms with van der Waals surface area (Å²) in [6.45, 7) is 2.05. The first-order valence-electron chi connectivity index (χ1n) is 3.83. The Labute approximate surface area is 61.7 Å². The first-order chi connectivity index (χ1) is 4.74. The minimum Gasteiger partial charge on any atom is -0.426 e. The van der Waals surface area contributed by atoms with E-state index in [-0.39, 0.29) is 12.0 Å². The van der Waals surface area contributed by atoms with Crippen LogP contribution in [0.2, 0.25) is 0 Å². The SMILES string of the molecule is CCC1CCC(N)B(O)O1. The van der Waals surface area contributed by atoms with Gasteiger partial charge in [-0.25, -0.2) is 0 Å². The van der Waals surface area contributed by atoms with Crippen molar-refractivity contribution >= 4 is 7.12 Å². The summed E-state index contributed by atoms with van der Waals surface area (Å²) in [5.74, 6) is -0.178. The molecule has 0 bridgehead atoms. The van der Waals surface area contributed by atoms with Crippen LogP contribution in [-0.2, 0) is 4.65 Å². The standard InChI is InChI=1S/C6H14BNO2/c1-2-5-3-4-6(8)7(9)10-5/h5-6,9H,2-4,8H2,1H3. The van der Waals surface area contributed by atoms with Crippen molar-refractivity contribution in [2.75, 3.05) is 0 Å². The van der Waals surface area contributed by atoms with E-state index in [1.807, 2.05) is 6.92 Å². The molecule has 2 atom stereocenters. The third kappa shape index (κ3) is 1.72. The lowest BCUT2D eigenvalue weighted by Crippen LogP contribution is -2.47. The highest BCUT2D eigenvalue weighted by Gasteiger charge is 2.31. The largest absolute Gasteiger partial charge is 0.472 e. The Hall–Kier alpha value is -0.0551. The number of nitrogens with two attached hydrogens (primary N) is 1. The highest BCUT2D eigenvalue weighted by atomic mass is 16.5. The summed E-state index contributed by atoms with van der Waals surface area (Å²) in [5, 5.41) is 9.13. The molecule has 0 radical (unpaired) electrons. The lowest BCUT2D eigenvalue weighted by molar-refractivity contribution is 0.121. The molecule has 3 N–H and O–H groups in total. The molecule has 0 amide bonds.